The van der Waals surface area contributed by atoms with Crippen LogP contribution in [0.3, 0.4) is 0 Å². The molecule has 90 valence electrons. The SMILES string of the molecule is C[C@@H](O)CNc1ccc(C(F)(F)F)cc1Cl. The van der Waals surface area contributed by atoms with E-state index in [1.807, 2.05) is 0 Å². The largest absolute Gasteiger partial charge is 0.416 e. The van der Waals surface area contributed by atoms with E-state index in [4.69, 9.17) is 16.7 Å². The average molecular weight is 254 g/mol. The first-order valence-corrected chi connectivity index (χ1v) is 4.97. The number of rotatable bonds is 3. The van der Waals surface area contributed by atoms with Gasteiger partial charge in [0.2, 0.25) is 0 Å². The van der Waals surface area contributed by atoms with Crippen molar-refractivity contribution in [1.29, 1.82) is 0 Å². The summed E-state index contributed by atoms with van der Waals surface area (Å²) in [6.45, 7) is 1.79. The van der Waals surface area contributed by atoms with Crippen LogP contribution in [-0.4, -0.2) is 17.8 Å². The molecule has 1 rings (SSSR count). The fourth-order valence-electron chi connectivity index (χ4n) is 1.09. The quantitative estimate of drug-likeness (QED) is 0.867. The number of nitrogens with one attached hydrogen (secondary N) is 1. The van der Waals surface area contributed by atoms with Crippen molar-refractivity contribution in [3.63, 3.8) is 0 Å². The number of aliphatic hydroxyl groups is 1. The fourth-order valence-corrected chi connectivity index (χ4v) is 1.34. The Kier molecular flexibility index (Phi) is 4.04. The van der Waals surface area contributed by atoms with Crippen LogP contribution >= 0.6 is 11.6 Å². The highest BCUT2D eigenvalue weighted by atomic mass is 35.5. The monoisotopic (exact) mass is 253 g/mol. The lowest BCUT2D eigenvalue weighted by atomic mass is 10.2. The number of hydrogen-bond donors (Lipinski definition) is 2. The van der Waals surface area contributed by atoms with Crippen LogP contribution in [0.4, 0.5) is 18.9 Å². The van der Waals surface area contributed by atoms with Crippen LogP contribution in [0, 0.1) is 0 Å². The van der Waals surface area contributed by atoms with E-state index < -0.39 is 17.8 Å². The molecule has 0 amide bonds. The Labute approximate surface area is 96.0 Å². The molecule has 6 heteroatoms. The molecule has 1 atom stereocenters. The van der Waals surface area contributed by atoms with Gasteiger partial charge in [-0.15, -0.1) is 0 Å². The minimum atomic E-state index is -4.40. The Balaban J connectivity index is 2.84. The van der Waals surface area contributed by atoms with Crippen molar-refractivity contribution in [2.45, 2.75) is 19.2 Å². The molecule has 16 heavy (non-hydrogen) atoms. The van der Waals surface area contributed by atoms with Gasteiger partial charge in [0.05, 0.1) is 22.4 Å². The summed E-state index contributed by atoms with van der Waals surface area (Å²) in [6.07, 6.45) is -5.00. The molecule has 0 aliphatic heterocycles. The normalized spacial score (nSPS) is 13.6. The second-order valence-corrected chi connectivity index (χ2v) is 3.83. The maximum Gasteiger partial charge on any atom is 0.416 e. The molecule has 0 aliphatic carbocycles. The number of anilines is 1. The van der Waals surface area contributed by atoms with Crippen molar-refractivity contribution in [2.75, 3.05) is 11.9 Å². The van der Waals surface area contributed by atoms with E-state index >= 15 is 0 Å². The van der Waals surface area contributed by atoms with E-state index in [1.165, 1.54) is 6.07 Å². The van der Waals surface area contributed by atoms with Gasteiger partial charge < -0.3 is 10.4 Å². The van der Waals surface area contributed by atoms with Crippen molar-refractivity contribution in [1.82, 2.24) is 0 Å². The Morgan fingerprint density at radius 2 is 2.06 bits per heavy atom. The van der Waals surface area contributed by atoms with Gasteiger partial charge in [-0.05, 0) is 25.1 Å². The number of halogens is 4. The highest BCUT2D eigenvalue weighted by Crippen LogP contribution is 2.33. The van der Waals surface area contributed by atoms with E-state index in [1.54, 1.807) is 6.92 Å². The molecule has 0 heterocycles. The van der Waals surface area contributed by atoms with Gasteiger partial charge in [-0.1, -0.05) is 11.6 Å². The third-order valence-corrected chi connectivity index (χ3v) is 2.20. The summed E-state index contributed by atoms with van der Waals surface area (Å²) in [5.74, 6) is 0. The van der Waals surface area contributed by atoms with Crippen LogP contribution < -0.4 is 5.32 Å². The molecule has 0 spiro atoms. The summed E-state index contributed by atoms with van der Waals surface area (Å²) in [7, 11) is 0. The average Bonchev–Trinajstić information content (AvgIpc) is 2.14. The minimum absolute atomic E-state index is 0.0181. The van der Waals surface area contributed by atoms with Gasteiger partial charge in [-0.3, -0.25) is 0 Å². The zero-order valence-corrected chi connectivity index (χ0v) is 9.23. The molecule has 0 aliphatic rings. The Morgan fingerprint density at radius 1 is 1.44 bits per heavy atom. The molecule has 2 N–H and O–H groups in total. The molecule has 1 aromatic rings. The van der Waals surface area contributed by atoms with Gasteiger partial charge in [-0.25, -0.2) is 0 Å². The zero-order valence-electron chi connectivity index (χ0n) is 8.48. The summed E-state index contributed by atoms with van der Waals surface area (Å²) in [5, 5.41) is 11.7. The van der Waals surface area contributed by atoms with E-state index in [0.29, 0.717) is 5.69 Å². The second kappa shape index (κ2) is 4.93. The van der Waals surface area contributed by atoms with Crippen molar-refractivity contribution in [3.8, 4) is 0 Å². The molecule has 0 radical (unpaired) electrons. The van der Waals surface area contributed by atoms with Gasteiger partial charge in [0, 0.05) is 6.54 Å². The van der Waals surface area contributed by atoms with Crippen LogP contribution in [-0.2, 0) is 6.18 Å². The molecule has 2 nitrogen and oxygen atoms in total. The van der Waals surface area contributed by atoms with E-state index in [2.05, 4.69) is 5.32 Å². The predicted molar refractivity (Wildman–Crippen MR) is 56.6 cm³/mol. The topological polar surface area (TPSA) is 32.3 Å². The third-order valence-electron chi connectivity index (χ3n) is 1.88. The van der Waals surface area contributed by atoms with Crippen LogP contribution in [0.2, 0.25) is 5.02 Å². The van der Waals surface area contributed by atoms with Crippen molar-refractivity contribution in [2.24, 2.45) is 0 Å². The molecule has 0 unspecified atom stereocenters. The third kappa shape index (κ3) is 3.57. The standard InChI is InChI=1S/C10H11ClF3NO/c1-6(16)5-15-9-3-2-7(4-8(9)11)10(12,13)14/h2-4,6,15-16H,5H2,1H3/t6-/m1/s1. The van der Waals surface area contributed by atoms with Gasteiger partial charge >= 0.3 is 6.18 Å². The first-order valence-electron chi connectivity index (χ1n) is 4.59. The van der Waals surface area contributed by atoms with Gasteiger partial charge in [0.25, 0.3) is 0 Å². The highest BCUT2D eigenvalue weighted by molar-refractivity contribution is 6.33. The van der Waals surface area contributed by atoms with Gasteiger partial charge in [-0.2, -0.15) is 13.2 Å². The van der Waals surface area contributed by atoms with Crippen molar-refractivity contribution in [3.05, 3.63) is 28.8 Å². The van der Waals surface area contributed by atoms with E-state index in [0.717, 1.165) is 12.1 Å². The van der Waals surface area contributed by atoms with Crippen LogP contribution in [0.5, 0.6) is 0 Å². The van der Waals surface area contributed by atoms with Crippen LogP contribution in [0.15, 0.2) is 18.2 Å². The van der Waals surface area contributed by atoms with E-state index in [-0.39, 0.29) is 11.6 Å². The second-order valence-electron chi connectivity index (χ2n) is 3.42. The summed E-state index contributed by atoms with van der Waals surface area (Å²) >= 11 is 5.67. The number of hydrogen-bond acceptors (Lipinski definition) is 2. The molecule has 0 saturated carbocycles. The molecule has 0 saturated heterocycles. The number of benzene rings is 1. The number of alkyl halides is 3. The van der Waals surface area contributed by atoms with E-state index in [9.17, 15) is 13.2 Å². The Hall–Kier alpha value is -0.940. The molecule has 1 aromatic carbocycles. The van der Waals surface area contributed by atoms with Crippen LogP contribution in [0.25, 0.3) is 0 Å². The summed E-state index contributed by atoms with van der Waals surface area (Å²) in [4.78, 5) is 0. The summed E-state index contributed by atoms with van der Waals surface area (Å²) in [6, 6.07) is 3.04. The molecule has 0 aromatic heterocycles. The number of aliphatic hydroxyl groups excluding tert-OH is 1. The molecule has 0 bridgehead atoms. The summed E-state index contributed by atoms with van der Waals surface area (Å²) < 4.78 is 36.9. The lowest BCUT2D eigenvalue weighted by Gasteiger charge is -2.12. The van der Waals surface area contributed by atoms with Crippen molar-refractivity contribution < 1.29 is 18.3 Å². The molecular formula is C10H11ClF3NO. The minimum Gasteiger partial charge on any atom is -0.392 e. The smallest absolute Gasteiger partial charge is 0.392 e. The lowest BCUT2D eigenvalue weighted by molar-refractivity contribution is -0.137. The molecular weight excluding hydrogens is 243 g/mol. The summed E-state index contributed by atoms with van der Waals surface area (Å²) in [5.41, 5.74) is -0.421. The van der Waals surface area contributed by atoms with Gasteiger partial charge in [0.15, 0.2) is 0 Å². The Morgan fingerprint density at radius 3 is 2.50 bits per heavy atom. The predicted octanol–water partition coefficient (Wildman–Crippen LogP) is 3.15. The first-order chi connectivity index (χ1) is 7.30. The maximum atomic E-state index is 12.3. The Bertz CT molecular complexity index is 366. The zero-order chi connectivity index (χ0) is 12.3. The molecule has 0 fully saturated rings. The fraction of sp³-hybridized carbons (Fsp3) is 0.400. The van der Waals surface area contributed by atoms with Crippen molar-refractivity contribution >= 4 is 17.3 Å². The first kappa shape index (κ1) is 13.1. The van der Waals surface area contributed by atoms with Crippen LogP contribution in [0.1, 0.15) is 12.5 Å². The van der Waals surface area contributed by atoms with Gasteiger partial charge in [0.1, 0.15) is 0 Å². The maximum absolute atomic E-state index is 12.3. The lowest BCUT2D eigenvalue weighted by Crippen LogP contribution is -2.15. The highest BCUT2D eigenvalue weighted by Gasteiger charge is 2.30.